The predicted molar refractivity (Wildman–Crippen MR) is 141 cm³/mol. The number of hydrogen-bond donors (Lipinski definition) is 2. The van der Waals surface area contributed by atoms with Crippen molar-refractivity contribution in [3.05, 3.63) is 94.5 Å². The lowest BCUT2D eigenvalue weighted by molar-refractivity contribution is -0.132. The van der Waals surface area contributed by atoms with E-state index in [2.05, 4.69) is 22.6 Å². The molecule has 1 saturated heterocycles. The maximum Gasteiger partial charge on any atom is 0.258 e. The minimum Gasteiger partial charge on any atom is -0.354 e. The Labute approximate surface area is 210 Å². The summed E-state index contributed by atoms with van der Waals surface area (Å²) in [6, 6.07) is 23.0. The number of fused-ring (bicyclic) bond motifs is 1. The number of benzene rings is 3. The highest BCUT2D eigenvalue weighted by Gasteiger charge is 2.28. The second kappa shape index (κ2) is 9.94. The first kappa shape index (κ1) is 23.1. The Morgan fingerprint density at radius 2 is 1.69 bits per heavy atom. The van der Waals surface area contributed by atoms with E-state index in [1.807, 2.05) is 65.6 Å². The number of likely N-dealkylation sites (N-methyl/N-ethyl adjacent to an activating group) is 1. The van der Waals surface area contributed by atoms with Crippen LogP contribution in [0.15, 0.2) is 72.8 Å². The summed E-state index contributed by atoms with van der Waals surface area (Å²) in [4.78, 5) is 29.9. The molecule has 3 aromatic carbocycles. The monoisotopic (exact) mass is 486 g/mol. The highest BCUT2D eigenvalue weighted by Crippen LogP contribution is 2.38. The van der Waals surface area contributed by atoms with Crippen molar-refractivity contribution in [2.24, 2.45) is 0 Å². The summed E-state index contributed by atoms with van der Waals surface area (Å²) in [5.74, 6) is -0.0215. The van der Waals surface area contributed by atoms with E-state index in [1.54, 1.807) is 12.1 Å². The SMILES string of the molecule is CN1CCN(C(=O)Cc2ccc(NC(=C3C(=O)Nc4cc(Cl)ccc43)c3ccccc3)cc2)CC1. The number of hydrogen-bond acceptors (Lipinski definition) is 4. The van der Waals surface area contributed by atoms with E-state index in [-0.39, 0.29) is 11.8 Å². The largest absolute Gasteiger partial charge is 0.354 e. The molecule has 2 N–H and O–H groups in total. The smallest absolute Gasteiger partial charge is 0.258 e. The topological polar surface area (TPSA) is 64.7 Å². The van der Waals surface area contributed by atoms with E-state index in [9.17, 15) is 9.59 Å². The Balaban J connectivity index is 1.40. The third-order valence-corrected chi connectivity index (χ3v) is 6.71. The summed E-state index contributed by atoms with van der Waals surface area (Å²) >= 11 is 6.14. The van der Waals surface area contributed by atoms with Crippen molar-refractivity contribution < 1.29 is 9.59 Å². The molecular weight excluding hydrogens is 460 g/mol. The Hall–Kier alpha value is -3.61. The van der Waals surface area contributed by atoms with Crippen LogP contribution in [0.1, 0.15) is 16.7 Å². The standard InChI is InChI=1S/C28H27ClN4O2/c1-32-13-15-33(16-14-32)25(34)17-19-7-10-22(11-8-19)30-27(20-5-3-2-4-6-20)26-23-12-9-21(29)18-24(23)31-28(26)35/h2-12,18,30H,13-17H2,1H3,(H,31,35). The fourth-order valence-electron chi connectivity index (χ4n) is 4.47. The van der Waals surface area contributed by atoms with E-state index in [1.165, 1.54) is 0 Å². The fourth-order valence-corrected chi connectivity index (χ4v) is 4.64. The molecule has 0 bridgehead atoms. The van der Waals surface area contributed by atoms with Crippen LogP contribution in [0.2, 0.25) is 5.02 Å². The number of piperazine rings is 1. The lowest BCUT2D eigenvalue weighted by Crippen LogP contribution is -2.47. The molecule has 5 rings (SSSR count). The lowest BCUT2D eigenvalue weighted by atomic mass is 10.00. The maximum atomic E-state index is 13.0. The van der Waals surface area contributed by atoms with E-state index in [0.717, 1.165) is 48.6 Å². The number of nitrogens with one attached hydrogen (secondary N) is 2. The number of halogens is 1. The molecule has 2 aliphatic heterocycles. The molecule has 0 atom stereocenters. The van der Waals surface area contributed by atoms with Crippen LogP contribution >= 0.6 is 11.6 Å². The average Bonchev–Trinajstić information content (AvgIpc) is 3.19. The summed E-state index contributed by atoms with van der Waals surface area (Å²) in [7, 11) is 2.08. The second-order valence-corrected chi connectivity index (χ2v) is 9.38. The molecule has 6 nitrogen and oxygen atoms in total. The number of nitrogens with zero attached hydrogens (tertiary/aromatic N) is 2. The number of carbonyl (C=O) groups excluding carboxylic acids is 2. The van der Waals surface area contributed by atoms with Gasteiger partial charge in [-0.2, -0.15) is 0 Å². The number of amides is 2. The Morgan fingerprint density at radius 1 is 0.971 bits per heavy atom. The van der Waals surface area contributed by atoms with Crippen LogP contribution < -0.4 is 10.6 Å². The second-order valence-electron chi connectivity index (χ2n) is 8.94. The van der Waals surface area contributed by atoms with E-state index >= 15 is 0 Å². The first-order valence-corrected chi connectivity index (χ1v) is 12.1. The molecule has 2 heterocycles. The van der Waals surface area contributed by atoms with E-state index in [0.29, 0.717) is 28.4 Å². The van der Waals surface area contributed by atoms with Gasteiger partial charge < -0.3 is 20.4 Å². The molecule has 2 amide bonds. The highest BCUT2D eigenvalue weighted by molar-refractivity contribution is 6.38. The van der Waals surface area contributed by atoms with Gasteiger partial charge in [-0.25, -0.2) is 0 Å². The van der Waals surface area contributed by atoms with Gasteiger partial charge in [-0.3, -0.25) is 9.59 Å². The van der Waals surface area contributed by atoms with Crippen LogP contribution in [0.3, 0.4) is 0 Å². The first-order valence-electron chi connectivity index (χ1n) is 11.7. The van der Waals surface area contributed by atoms with Crippen LogP contribution in [0.25, 0.3) is 11.3 Å². The summed E-state index contributed by atoms with van der Waals surface area (Å²) in [6.45, 7) is 3.37. The summed E-state index contributed by atoms with van der Waals surface area (Å²) < 4.78 is 0. The highest BCUT2D eigenvalue weighted by atomic mass is 35.5. The van der Waals surface area contributed by atoms with Crippen LogP contribution in [0.5, 0.6) is 0 Å². The molecule has 1 fully saturated rings. The molecule has 2 aliphatic rings. The minimum absolute atomic E-state index is 0.156. The minimum atomic E-state index is -0.178. The summed E-state index contributed by atoms with van der Waals surface area (Å²) in [5.41, 5.74) is 5.48. The quantitative estimate of drug-likeness (QED) is 0.518. The van der Waals surface area contributed by atoms with Gasteiger partial charge in [-0.05, 0) is 42.4 Å². The maximum absolute atomic E-state index is 13.0. The third-order valence-electron chi connectivity index (χ3n) is 6.47. The molecule has 0 aromatic heterocycles. The zero-order valence-corrected chi connectivity index (χ0v) is 20.3. The summed E-state index contributed by atoms with van der Waals surface area (Å²) in [6.07, 6.45) is 0.382. The van der Waals surface area contributed by atoms with Crippen LogP contribution in [0, 0.1) is 0 Å². The average molecular weight is 487 g/mol. The van der Waals surface area contributed by atoms with Crippen molar-refractivity contribution >= 4 is 46.1 Å². The number of carbonyl (C=O) groups is 2. The zero-order chi connectivity index (χ0) is 24.4. The van der Waals surface area contributed by atoms with E-state index < -0.39 is 0 Å². The van der Waals surface area contributed by atoms with E-state index in [4.69, 9.17) is 11.6 Å². The molecule has 35 heavy (non-hydrogen) atoms. The van der Waals surface area contributed by atoms with Crippen molar-refractivity contribution in [2.75, 3.05) is 43.9 Å². The molecule has 7 heteroatoms. The predicted octanol–water partition coefficient (Wildman–Crippen LogP) is 4.59. The number of anilines is 2. The summed E-state index contributed by atoms with van der Waals surface area (Å²) in [5, 5.41) is 6.95. The van der Waals surface area contributed by atoms with Crippen molar-refractivity contribution in [2.45, 2.75) is 6.42 Å². The van der Waals surface area contributed by atoms with Gasteiger partial charge in [0.05, 0.1) is 23.4 Å². The Bertz CT molecular complexity index is 1280. The number of rotatable bonds is 5. The molecule has 178 valence electrons. The van der Waals surface area contributed by atoms with Gasteiger partial charge in [0, 0.05) is 42.5 Å². The Morgan fingerprint density at radius 3 is 2.40 bits per heavy atom. The lowest BCUT2D eigenvalue weighted by Gasteiger charge is -2.32. The van der Waals surface area contributed by atoms with Gasteiger partial charge in [0.15, 0.2) is 0 Å². The molecule has 0 saturated carbocycles. The van der Waals surface area contributed by atoms with Crippen molar-refractivity contribution in [1.82, 2.24) is 9.80 Å². The van der Waals surface area contributed by atoms with Crippen LogP contribution in [-0.2, 0) is 16.0 Å². The van der Waals surface area contributed by atoms with Gasteiger partial charge in [-0.1, -0.05) is 60.1 Å². The van der Waals surface area contributed by atoms with Gasteiger partial charge >= 0.3 is 0 Å². The molecular formula is C28H27ClN4O2. The fraction of sp³-hybridized carbons (Fsp3) is 0.214. The molecule has 0 radical (unpaired) electrons. The van der Waals surface area contributed by atoms with Crippen LogP contribution in [-0.4, -0.2) is 54.8 Å². The normalized spacial score (nSPS) is 17.1. The van der Waals surface area contributed by atoms with Gasteiger partial charge in [-0.15, -0.1) is 0 Å². The molecule has 0 spiro atoms. The van der Waals surface area contributed by atoms with Gasteiger partial charge in [0.1, 0.15) is 0 Å². The molecule has 3 aromatic rings. The third kappa shape index (κ3) is 5.09. The Kier molecular flexibility index (Phi) is 6.57. The van der Waals surface area contributed by atoms with Crippen LogP contribution in [0.4, 0.5) is 11.4 Å². The molecule has 0 unspecified atom stereocenters. The van der Waals surface area contributed by atoms with Crippen molar-refractivity contribution in [3.63, 3.8) is 0 Å². The van der Waals surface area contributed by atoms with Gasteiger partial charge in [0.25, 0.3) is 5.91 Å². The van der Waals surface area contributed by atoms with Crippen molar-refractivity contribution in [3.8, 4) is 0 Å². The zero-order valence-electron chi connectivity index (χ0n) is 19.6. The first-order chi connectivity index (χ1) is 17.0. The van der Waals surface area contributed by atoms with Gasteiger partial charge in [0.2, 0.25) is 5.91 Å². The van der Waals surface area contributed by atoms with Crippen molar-refractivity contribution in [1.29, 1.82) is 0 Å². The molecule has 0 aliphatic carbocycles.